The number of benzene rings is 2. The highest BCUT2D eigenvalue weighted by Crippen LogP contribution is 2.31. The lowest BCUT2D eigenvalue weighted by molar-refractivity contribution is -0.124. The Hall–Kier alpha value is -2.66. The topological polar surface area (TPSA) is 56.9 Å². The third-order valence-corrected chi connectivity index (χ3v) is 5.16. The standard InChI is InChI=1S/C21H22FN3O/c1-13-17-10-14(11-24-21(26)15-8-9-23-12-15)6-7-19(17)25-20(13)16-4-2-3-5-18(16)22/h2-7,10,15,23,25H,8-9,11-12H2,1H3,(H,24,26)/t15-/m1/s1. The van der Waals surface area contributed by atoms with Gasteiger partial charge in [-0.1, -0.05) is 18.2 Å². The monoisotopic (exact) mass is 351 g/mol. The number of H-pyrrole nitrogens is 1. The Morgan fingerprint density at radius 3 is 2.88 bits per heavy atom. The molecule has 4 nitrogen and oxygen atoms in total. The van der Waals surface area contributed by atoms with E-state index in [9.17, 15) is 9.18 Å². The Bertz CT molecular complexity index is 957. The summed E-state index contributed by atoms with van der Waals surface area (Å²) in [5.41, 5.74) is 4.40. The van der Waals surface area contributed by atoms with Crippen LogP contribution in [0.5, 0.6) is 0 Å². The van der Waals surface area contributed by atoms with Gasteiger partial charge in [0.1, 0.15) is 5.82 Å². The maximum atomic E-state index is 14.1. The molecule has 0 radical (unpaired) electrons. The fourth-order valence-electron chi connectivity index (χ4n) is 3.63. The fraction of sp³-hybridized carbons (Fsp3) is 0.286. The second-order valence-corrected chi connectivity index (χ2v) is 6.89. The maximum absolute atomic E-state index is 14.1. The number of carbonyl (C=O) groups is 1. The van der Waals surface area contributed by atoms with Crippen LogP contribution in [0.25, 0.3) is 22.2 Å². The minimum atomic E-state index is -0.236. The zero-order valence-electron chi connectivity index (χ0n) is 14.7. The second-order valence-electron chi connectivity index (χ2n) is 6.89. The van der Waals surface area contributed by atoms with Crippen molar-refractivity contribution in [1.82, 2.24) is 15.6 Å². The Balaban J connectivity index is 1.58. The van der Waals surface area contributed by atoms with Crippen molar-refractivity contribution in [1.29, 1.82) is 0 Å². The zero-order valence-corrected chi connectivity index (χ0v) is 14.7. The van der Waals surface area contributed by atoms with Gasteiger partial charge < -0.3 is 15.6 Å². The molecule has 3 aromatic rings. The summed E-state index contributed by atoms with van der Waals surface area (Å²) >= 11 is 0. The number of halogens is 1. The molecule has 5 heteroatoms. The lowest BCUT2D eigenvalue weighted by Crippen LogP contribution is -2.31. The van der Waals surface area contributed by atoms with E-state index in [0.29, 0.717) is 12.1 Å². The van der Waals surface area contributed by atoms with Crippen LogP contribution in [-0.4, -0.2) is 24.0 Å². The van der Waals surface area contributed by atoms with Crippen LogP contribution < -0.4 is 10.6 Å². The summed E-state index contributed by atoms with van der Waals surface area (Å²) in [6.07, 6.45) is 0.897. The summed E-state index contributed by atoms with van der Waals surface area (Å²) in [5, 5.41) is 7.29. The number of fused-ring (bicyclic) bond motifs is 1. The van der Waals surface area contributed by atoms with Crippen LogP contribution in [-0.2, 0) is 11.3 Å². The van der Waals surface area contributed by atoms with Gasteiger partial charge in [-0.05, 0) is 55.3 Å². The first-order valence-corrected chi connectivity index (χ1v) is 8.98. The molecule has 0 spiro atoms. The van der Waals surface area contributed by atoms with Gasteiger partial charge in [0.15, 0.2) is 0 Å². The molecule has 1 aliphatic heterocycles. The van der Waals surface area contributed by atoms with Crippen molar-refractivity contribution in [2.75, 3.05) is 13.1 Å². The molecule has 2 aromatic carbocycles. The maximum Gasteiger partial charge on any atom is 0.224 e. The van der Waals surface area contributed by atoms with E-state index >= 15 is 0 Å². The average Bonchev–Trinajstić information content (AvgIpc) is 3.29. The van der Waals surface area contributed by atoms with Gasteiger partial charge in [-0.15, -0.1) is 0 Å². The Labute approximate surface area is 151 Å². The van der Waals surface area contributed by atoms with Gasteiger partial charge >= 0.3 is 0 Å². The quantitative estimate of drug-likeness (QED) is 0.674. The molecule has 2 heterocycles. The highest BCUT2D eigenvalue weighted by molar-refractivity contribution is 5.91. The number of hydrogen-bond acceptors (Lipinski definition) is 2. The molecule has 0 aliphatic carbocycles. The number of amides is 1. The third kappa shape index (κ3) is 3.10. The molecule has 1 saturated heterocycles. The molecular formula is C21H22FN3O. The van der Waals surface area contributed by atoms with Gasteiger partial charge in [-0.25, -0.2) is 4.39 Å². The van der Waals surface area contributed by atoms with Gasteiger partial charge in [-0.2, -0.15) is 0 Å². The first kappa shape index (κ1) is 16.8. The van der Waals surface area contributed by atoms with E-state index in [1.54, 1.807) is 12.1 Å². The van der Waals surface area contributed by atoms with E-state index in [1.165, 1.54) is 6.07 Å². The lowest BCUT2D eigenvalue weighted by atomic mass is 10.0. The Morgan fingerprint density at radius 1 is 1.27 bits per heavy atom. The first-order chi connectivity index (χ1) is 12.6. The number of rotatable bonds is 4. The lowest BCUT2D eigenvalue weighted by Gasteiger charge is -2.10. The van der Waals surface area contributed by atoms with E-state index in [1.807, 2.05) is 25.1 Å². The van der Waals surface area contributed by atoms with Gasteiger partial charge in [0.2, 0.25) is 5.91 Å². The molecule has 0 bridgehead atoms. The normalized spacial score (nSPS) is 16.9. The summed E-state index contributed by atoms with van der Waals surface area (Å²) in [5.74, 6) is -0.0619. The predicted molar refractivity (Wildman–Crippen MR) is 101 cm³/mol. The number of hydrogen-bond donors (Lipinski definition) is 3. The van der Waals surface area contributed by atoms with E-state index in [-0.39, 0.29) is 17.6 Å². The number of aromatic amines is 1. The summed E-state index contributed by atoms with van der Waals surface area (Å²) in [7, 11) is 0. The van der Waals surface area contributed by atoms with E-state index in [2.05, 4.69) is 21.7 Å². The molecule has 0 saturated carbocycles. The van der Waals surface area contributed by atoms with Crippen LogP contribution in [0.3, 0.4) is 0 Å². The molecule has 26 heavy (non-hydrogen) atoms. The van der Waals surface area contributed by atoms with Crippen molar-refractivity contribution in [3.05, 3.63) is 59.4 Å². The van der Waals surface area contributed by atoms with E-state index in [4.69, 9.17) is 0 Å². The molecule has 1 atom stereocenters. The van der Waals surface area contributed by atoms with Crippen LogP contribution in [0, 0.1) is 18.7 Å². The zero-order chi connectivity index (χ0) is 18.1. The van der Waals surface area contributed by atoms with E-state index in [0.717, 1.165) is 47.2 Å². The van der Waals surface area contributed by atoms with Gasteiger partial charge in [0.05, 0.1) is 11.6 Å². The fourth-order valence-corrected chi connectivity index (χ4v) is 3.63. The van der Waals surface area contributed by atoms with Crippen LogP contribution in [0.15, 0.2) is 42.5 Å². The molecule has 4 rings (SSSR count). The molecule has 1 aliphatic rings. The van der Waals surface area contributed by atoms with Crippen molar-refractivity contribution in [3.63, 3.8) is 0 Å². The summed E-state index contributed by atoms with van der Waals surface area (Å²) in [4.78, 5) is 15.5. The van der Waals surface area contributed by atoms with Crippen molar-refractivity contribution in [3.8, 4) is 11.3 Å². The van der Waals surface area contributed by atoms with Crippen LogP contribution in [0.4, 0.5) is 4.39 Å². The smallest absolute Gasteiger partial charge is 0.224 e. The highest BCUT2D eigenvalue weighted by Gasteiger charge is 2.22. The molecular weight excluding hydrogens is 329 g/mol. The van der Waals surface area contributed by atoms with Gasteiger partial charge in [-0.3, -0.25) is 4.79 Å². The Morgan fingerprint density at radius 2 is 2.12 bits per heavy atom. The SMILES string of the molecule is Cc1c(-c2ccccc2F)[nH]c2ccc(CNC(=O)[C@@H]3CCNC3)cc12. The number of aryl methyl sites for hydroxylation is 1. The van der Waals surface area contributed by atoms with Gasteiger partial charge in [0.25, 0.3) is 0 Å². The minimum absolute atomic E-state index is 0.0698. The van der Waals surface area contributed by atoms with Gasteiger partial charge in [0, 0.05) is 29.6 Å². The van der Waals surface area contributed by atoms with Crippen LogP contribution in [0.2, 0.25) is 0 Å². The van der Waals surface area contributed by atoms with Crippen LogP contribution in [0.1, 0.15) is 17.5 Å². The van der Waals surface area contributed by atoms with Crippen molar-refractivity contribution < 1.29 is 9.18 Å². The number of nitrogens with one attached hydrogen (secondary N) is 3. The third-order valence-electron chi connectivity index (χ3n) is 5.16. The molecule has 3 N–H and O–H groups in total. The minimum Gasteiger partial charge on any atom is -0.354 e. The molecule has 0 unspecified atom stereocenters. The largest absolute Gasteiger partial charge is 0.354 e. The molecule has 1 fully saturated rings. The van der Waals surface area contributed by atoms with Crippen LogP contribution >= 0.6 is 0 Å². The number of carbonyl (C=O) groups excluding carboxylic acids is 1. The summed E-state index contributed by atoms with van der Waals surface area (Å²) in [6, 6.07) is 12.8. The molecule has 1 aromatic heterocycles. The summed E-state index contributed by atoms with van der Waals surface area (Å²) < 4.78 is 14.1. The van der Waals surface area contributed by atoms with E-state index < -0.39 is 0 Å². The average molecular weight is 351 g/mol. The Kier molecular flexibility index (Phi) is 4.47. The predicted octanol–water partition coefficient (Wildman–Crippen LogP) is 3.51. The highest BCUT2D eigenvalue weighted by atomic mass is 19.1. The van der Waals surface area contributed by atoms with Crippen molar-refractivity contribution in [2.45, 2.75) is 19.9 Å². The first-order valence-electron chi connectivity index (χ1n) is 8.98. The molecule has 134 valence electrons. The van der Waals surface area contributed by atoms with Crippen molar-refractivity contribution >= 4 is 16.8 Å². The second kappa shape index (κ2) is 6.92. The molecule has 1 amide bonds. The number of aromatic nitrogens is 1. The summed E-state index contributed by atoms with van der Waals surface area (Å²) in [6.45, 7) is 4.16. The van der Waals surface area contributed by atoms with Crippen molar-refractivity contribution in [2.24, 2.45) is 5.92 Å².